The molecule has 3 aromatic carbocycles. The number of aryl methyl sites for hydroxylation is 1. The van der Waals surface area contributed by atoms with Crippen LogP contribution in [0, 0.1) is 6.92 Å². The maximum absolute atomic E-state index is 13.5. The number of sulfone groups is 1. The molecule has 4 aromatic rings. The predicted octanol–water partition coefficient (Wildman–Crippen LogP) is 4.78. The molecule has 1 aromatic heterocycles. The van der Waals surface area contributed by atoms with Crippen molar-refractivity contribution in [2.45, 2.75) is 21.1 Å². The molecule has 0 bridgehead atoms. The fourth-order valence-corrected chi connectivity index (χ4v) is 7.12. The maximum Gasteiger partial charge on any atom is 0.239 e. The van der Waals surface area contributed by atoms with Gasteiger partial charge in [-0.25, -0.2) is 13.4 Å². The van der Waals surface area contributed by atoms with Crippen molar-refractivity contribution < 1.29 is 22.7 Å². The minimum absolute atomic E-state index is 0.0649. The molecular formula is C26H27N3O5S3. The summed E-state index contributed by atoms with van der Waals surface area (Å²) >= 11 is 3.21. The summed E-state index contributed by atoms with van der Waals surface area (Å²) in [5.41, 5.74) is 2.10. The van der Waals surface area contributed by atoms with Crippen molar-refractivity contribution in [1.29, 1.82) is 0 Å². The zero-order valence-corrected chi connectivity index (χ0v) is 23.1. The van der Waals surface area contributed by atoms with E-state index in [0.29, 0.717) is 29.5 Å². The van der Waals surface area contributed by atoms with Crippen LogP contribution >= 0.6 is 23.1 Å². The van der Waals surface area contributed by atoms with E-state index in [1.54, 1.807) is 47.4 Å². The van der Waals surface area contributed by atoms with E-state index >= 15 is 0 Å². The number of para-hydroxylation sites is 1. The van der Waals surface area contributed by atoms with Gasteiger partial charge in [-0.1, -0.05) is 30.0 Å². The van der Waals surface area contributed by atoms with Gasteiger partial charge in [0, 0.05) is 18.4 Å². The standard InChI is InChI=1S/C26H27N3O5S3/c1-17-8-10-20(24(14-17)37(31,32)18-9-11-21(33-2)22(15-18)34-3)28-16-25(30)27-12-13-35-26-29-19-6-4-5-7-23(19)36-26/h4-11,14-15,28H,12-13,16H2,1-3H3,(H,27,30). The zero-order chi connectivity index (χ0) is 26.4. The Morgan fingerprint density at radius 1 is 1.03 bits per heavy atom. The molecule has 0 unspecified atom stereocenters. The second-order valence-corrected chi connectivity index (χ2v) is 12.3. The zero-order valence-electron chi connectivity index (χ0n) is 20.6. The highest BCUT2D eigenvalue weighted by Gasteiger charge is 2.23. The number of fused-ring (bicyclic) bond motifs is 1. The Kier molecular flexibility index (Phi) is 8.57. The van der Waals surface area contributed by atoms with Gasteiger partial charge < -0.3 is 20.1 Å². The topological polar surface area (TPSA) is 107 Å². The van der Waals surface area contributed by atoms with Crippen molar-refractivity contribution in [3.8, 4) is 11.5 Å². The Balaban J connectivity index is 1.38. The van der Waals surface area contributed by atoms with Gasteiger partial charge in [0.05, 0.1) is 46.5 Å². The van der Waals surface area contributed by atoms with E-state index in [2.05, 4.69) is 15.6 Å². The molecule has 2 N–H and O–H groups in total. The third kappa shape index (κ3) is 6.35. The van der Waals surface area contributed by atoms with E-state index in [1.807, 2.05) is 31.2 Å². The van der Waals surface area contributed by atoms with Gasteiger partial charge >= 0.3 is 0 Å². The molecule has 0 aliphatic carbocycles. The lowest BCUT2D eigenvalue weighted by Crippen LogP contribution is -2.31. The van der Waals surface area contributed by atoms with E-state index in [9.17, 15) is 13.2 Å². The number of carbonyl (C=O) groups is 1. The third-order valence-electron chi connectivity index (χ3n) is 5.46. The van der Waals surface area contributed by atoms with Crippen molar-refractivity contribution in [1.82, 2.24) is 10.3 Å². The first-order valence-corrected chi connectivity index (χ1v) is 14.7. The monoisotopic (exact) mass is 557 g/mol. The van der Waals surface area contributed by atoms with Crippen LogP contribution in [-0.2, 0) is 14.6 Å². The fourth-order valence-electron chi connectivity index (χ4n) is 3.59. The van der Waals surface area contributed by atoms with Gasteiger partial charge in [0.1, 0.15) is 0 Å². The first kappa shape index (κ1) is 26.8. The minimum Gasteiger partial charge on any atom is -0.493 e. The van der Waals surface area contributed by atoms with Gasteiger partial charge in [-0.3, -0.25) is 4.79 Å². The lowest BCUT2D eigenvalue weighted by molar-refractivity contribution is -0.119. The van der Waals surface area contributed by atoms with Gasteiger partial charge in [0.25, 0.3) is 0 Å². The third-order valence-corrected chi connectivity index (χ3v) is 9.43. The Bertz CT molecular complexity index is 1490. The minimum atomic E-state index is -3.90. The summed E-state index contributed by atoms with van der Waals surface area (Å²) in [4.78, 5) is 17.2. The lowest BCUT2D eigenvalue weighted by Gasteiger charge is -2.15. The number of hydrogen-bond donors (Lipinski definition) is 2. The molecule has 4 rings (SSSR count). The van der Waals surface area contributed by atoms with Crippen LogP contribution in [0.1, 0.15) is 5.56 Å². The van der Waals surface area contributed by atoms with Crippen LogP contribution in [0.5, 0.6) is 11.5 Å². The Morgan fingerprint density at radius 2 is 1.81 bits per heavy atom. The molecule has 0 fully saturated rings. The normalized spacial score (nSPS) is 11.3. The summed E-state index contributed by atoms with van der Waals surface area (Å²) in [5, 5.41) is 5.84. The van der Waals surface area contributed by atoms with Crippen molar-refractivity contribution >= 4 is 54.7 Å². The second kappa shape index (κ2) is 11.8. The summed E-state index contributed by atoms with van der Waals surface area (Å²) in [5.74, 6) is 1.19. The quantitative estimate of drug-likeness (QED) is 0.201. The molecule has 8 nitrogen and oxygen atoms in total. The average Bonchev–Trinajstić information content (AvgIpc) is 3.32. The average molecular weight is 558 g/mol. The number of ether oxygens (including phenoxy) is 2. The molecule has 1 amide bonds. The summed E-state index contributed by atoms with van der Waals surface area (Å²) < 4.78 is 39.5. The molecule has 11 heteroatoms. The summed E-state index contributed by atoms with van der Waals surface area (Å²) in [7, 11) is -0.965. The van der Waals surface area contributed by atoms with Crippen LogP contribution in [0.4, 0.5) is 5.69 Å². The van der Waals surface area contributed by atoms with E-state index < -0.39 is 9.84 Å². The smallest absolute Gasteiger partial charge is 0.239 e. The molecule has 0 aliphatic rings. The van der Waals surface area contributed by atoms with Crippen LogP contribution < -0.4 is 20.1 Å². The van der Waals surface area contributed by atoms with Crippen LogP contribution in [0.15, 0.2) is 74.8 Å². The summed E-state index contributed by atoms with van der Waals surface area (Å²) in [6, 6.07) is 17.5. The number of anilines is 1. The van der Waals surface area contributed by atoms with E-state index in [-0.39, 0.29) is 22.2 Å². The number of thiazole rings is 1. The maximum atomic E-state index is 13.5. The molecule has 0 aliphatic heterocycles. The Labute approximate surface area is 224 Å². The molecule has 0 spiro atoms. The number of rotatable bonds is 11. The highest BCUT2D eigenvalue weighted by Crippen LogP contribution is 2.34. The molecule has 37 heavy (non-hydrogen) atoms. The number of amides is 1. The number of thioether (sulfide) groups is 1. The Hall–Kier alpha value is -3.28. The molecule has 0 saturated carbocycles. The molecule has 1 heterocycles. The Morgan fingerprint density at radius 3 is 2.57 bits per heavy atom. The van der Waals surface area contributed by atoms with Crippen LogP contribution in [0.25, 0.3) is 10.2 Å². The molecule has 0 atom stereocenters. The predicted molar refractivity (Wildman–Crippen MR) is 148 cm³/mol. The SMILES string of the molecule is COc1ccc(S(=O)(=O)c2cc(C)ccc2NCC(=O)NCCSc2nc3ccccc3s2)cc1OC. The largest absolute Gasteiger partial charge is 0.493 e. The number of aromatic nitrogens is 1. The van der Waals surface area contributed by atoms with Gasteiger partial charge in [-0.05, 0) is 48.9 Å². The van der Waals surface area contributed by atoms with Crippen molar-refractivity contribution in [2.75, 3.05) is 38.4 Å². The first-order chi connectivity index (χ1) is 17.8. The van der Waals surface area contributed by atoms with E-state index in [0.717, 1.165) is 20.1 Å². The lowest BCUT2D eigenvalue weighted by atomic mass is 10.2. The number of carbonyl (C=O) groups excluding carboxylic acids is 1. The molecule has 0 radical (unpaired) electrons. The van der Waals surface area contributed by atoms with Crippen molar-refractivity contribution in [2.24, 2.45) is 0 Å². The van der Waals surface area contributed by atoms with E-state index in [1.165, 1.54) is 26.4 Å². The fraction of sp³-hybridized carbons (Fsp3) is 0.231. The number of benzene rings is 3. The summed E-state index contributed by atoms with van der Waals surface area (Å²) in [6.45, 7) is 2.21. The molecule has 194 valence electrons. The first-order valence-electron chi connectivity index (χ1n) is 11.4. The number of methoxy groups -OCH3 is 2. The molecular weight excluding hydrogens is 531 g/mol. The van der Waals surface area contributed by atoms with Crippen molar-refractivity contribution in [3.63, 3.8) is 0 Å². The van der Waals surface area contributed by atoms with Crippen LogP contribution in [0.3, 0.4) is 0 Å². The summed E-state index contributed by atoms with van der Waals surface area (Å²) in [6.07, 6.45) is 0. The van der Waals surface area contributed by atoms with Gasteiger partial charge in [-0.15, -0.1) is 11.3 Å². The second-order valence-electron chi connectivity index (χ2n) is 8.02. The van der Waals surface area contributed by atoms with Gasteiger partial charge in [0.15, 0.2) is 15.8 Å². The highest BCUT2D eigenvalue weighted by atomic mass is 32.2. The van der Waals surface area contributed by atoms with Gasteiger partial charge in [-0.2, -0.15) is 0 Å². The van der Waals surface area contributed by atoms with Crippen molar-refractivity contribution in [3.05, 3.63) is 66.2 Å². The van der Waals surface area contributed by atoms with Crippen LogP contribution in [0.2, 0.25) is 0 Å². The number of hydrogen-bond acceptors (Lipinski definition) is 9. The van der Waals surface area contributed by atoms with E-state index in [4.69, 9.17) is 9.47 Å². The highest BCUT2D eigenvalue weighted by molar-refractivity contribution is 8.01. The number of nitrogens with one attached hydrogen (secondary N) is 2. The number of nitrogens with zero attached hydrogens (tertiary/aromatic N) is 1. The van der Waals surface area contributed by atoms with Crippen LogP contribution in [-0.4, -0.2) is 52.4 Å². The molecule has 0 saturated heterocycles. The van der Waals surface area contributed by atoms with Gasteiger partial charge in [0.2, 0.25) is 15.7 Å².